The van der Waals surface area contributed by atoms with Crippen LogP contribution in [-0.4, -0.2) is 19.9 Å². The molecule has 520 valence electrons. The van der Waals surface area contributed by atoms with E-state index in [1.54, 1.807) is 12.4 Å². The van der Waals surface area contributed by atoms with Crippen LogP contribution in [0.25, 0.3) is 238 Å². The highest BCUT2D eigenvalue weighted by Crippen LogP contribution is 2.47. The van der Waals surface area contributed by atoms with Crippen LogP contribution in [0.5, 0.6) is 0 Å². The van der Waals surface area contributed by atoms with Crippen molar-refractivity contribution < 1.29 is 8.83 Å². The highest BCUT2D eigenvalue weighted by molar-refractivity contribution is 7.26. The van der Waals surface area contributed by atoms with Gasteiger partial charge >= 0.3 is 0 Å². The fourth-order valence-corrected chi connectivity index (χ4v) is 19.9. The van der Waals surface area contributed by atoms with Gasteiger partial charge in [0, 0.05) is 119 Å². The molecule has 24 rings (SSSR count). The van der Waals surface area contributed by atoms with E-state index in [1.165, 1.54) is 84.5 Å². The van der Waals surface area contributed by atoms with E-state index >= 15 is 0 Å². The molecule has 0 radical (unpaired) electrons. The van der Waals surface area contributed by atoms with Gasteiger partial charge in [-0.2, -0.15) is 0 Å². The molecule has 0 atom stereocenters. The first kappa shape index (κ1) is 63.8. The molecule has 0 amide bonds. The van der Waals surface area contributed by atoms with Gasteiger partial charge in [-0.3, -0.25) is 19.9 Å². The first-order chi connectivity index (χ1) is 55.5. The fraction of sp³-hybridized carbons (Fsp3) is 0. The van der Waals surface area contributed by atoms with Gasteiger partial charge < -0.3 is 8.83 Å². The molecule has 0 bridgehead atoms. The van der Waals surface area contributed by atoms with Crippen molar-refractivity contribution in [3.8, 4) is 89.0 Å². The largest absolute Gasteiger partial charge is 0.455 e. The van der Waals surface area contributed by atoms with Gasteiger partial charge in [-0.05, 0) is 172 Å². The Morgan fingerprint density at radius 3 is 0.804 bits per heavy atom. The third-order valence-electron chi connectivity index (χ3n) is 22.7. The molecule has 6 nitrogen and oxygen atoms in total. The van der Waals surface area contributed by atoms with Gasteiger partial charge in [0.05, 0.1) is 22.1 Å². The average Bonchev–Trinajstić information content (AvgIpc) is 1.22. The van der Waals surface area contributed by atoms with E-state index in [9.17, 15) is 0 Å². The smallest absolute Gasteiger partial charge is 0.143 e. The summed E-state index contributed by atoms with van der Waals surface area (Å²) < 4.78 is 18.1. The molecule has 0 saturated carbocycles. The van der Waals surface area contributed by atoms with Gasteiger partial charge in [-0.1, -0.05) is 267 Å². The van der Waals surface area contributed by atoms with E-state index < -0.39 is 0 Å². The second-order valence-corrected chi connectivity index (χ2v) is 31.1. The van der Waals surface area contributed by atoms with Gasteiger partial charge in [-0.15, -0.1) is 22.7 Å². The molecule has 0 unspecified atom stereocenters. The molecule has 112 heavy (non-hydrogen) atoms. The van der Waals surface area contributed by atoms with E-state index in [0.29, 0.717) is 0 Å². The lowest BCUT2D eigenvalue weighted by molar-refractivity contribution is 0.669. The van der Waals surface area contributed by atoms with Crippen LogP contribution in [0, 0.1) is 0 Å². The van der Waals surface area contributed by atoms with E-state index in [1.807, 2.05) is 59.3 Å². The molecule has 18 aromatic carbocycles. The van der Waals surface area contributed by atoms with Crippen LogP contribution in [0.2, 0.25) is 0 Å². The van der Waals surface area contributed by atoms with Crippen molar-refractivity contribution in [3.05, 3.63) is 365 Å². The SMILES string of the molecule is c1cc(-c2ccc3c4ccc(-c5cccc(-c6cccc7c6oc6ccccc67)c5)cc4c4nccnc4c3c2)cc(-c2cccc3c2oc2ccccc23)c1.c1cc(-c2ccc3c4ccc(-c5cccc(-c6cccc7c6sc6ccccc67)c5)cc4c4nccnc4c3c2)cc(-c2cccc3c2sc2ccccc23)c1. The number of aromatic nitrogens is 4. The third kappa shape index (κ3) is 10.4. The minimum atomic E-state index is 0.891. The van der Waals surface area contributed by atoms with Crippen molar-refractivity contribution in [2.75, 3.05) is 0 Å². The van der Waals surface area contributed by atoms with Gasteiger partial charge in [0.2, 0.25) is 0 Å². The van der Waals surface area contributed by atoms with Crippen molar-refractivity contribution in [3.63, 3.8) is 0 Å². The number of hydrogen-bond acceptors (Lipinski definition) is 8. The molecule has 6 aromatic heterocycles. The molecule has 0 aliphatic carbocycles. The lowest BCUT2D eigenvalue weighted by atomic mass is 9.92. The monoisotopic (exact) mass is 1460 g/mol. The Labute approximate surface area is 649 Å². The van der Waals surface area contributed by atoms with Crippen LogP contribution in [0.3, 0.4) is 0 Å². The Morgan fingerprint density at radius 1 is 0.179 bits per heavy atom. The van der Waals surface area contributed by atoms with Crippen molar-refractivity contribution in [2.45, 2.75) is 0 Å². The third-order valence-corrected chi connectivity index (χ3v) is 25.2. The first-order valence-electron chi connectivity index (χ1n) is 37.7. The minimum Gasteiger partial charge on any atom is -0.455 e. The Balaban J connectivity index is 0.000000134. The van der Waals surface area contributed by atoms with E-state index in [0.717, 1.165) is 154 Å². The molecule has 0 aliphatic heterocycles. The number of thiophene rings is 2. The van der Waals surface area contributed by atoms with Crippen LogP contribution in [0.1, 0.15) is 0 Å². The zero-order valence-electron chi connectivity index (χ0n) is 60.1. The summed E-state index contributed by atoms with van der Waals surface area (Å²) in [6.45, 7) is 0. The number of hydrogen-bond donors (Lipinski definition) is 0. The average molecular weight is 1460 g/mol. The number of fused-ring (bicyclic) bond motifs is 24. The number of benzene rings is 18. The second kappa shape index (κ2) is 25.7. The first-order valence-corrected chi connectivity index (χ1v) is 39.4. The van der Waals surface area contributed by atoms with Crippen LogP contribution < -0.4 is 0 Å². The zero-order valence-corrected chi connectivity index (χ0v) is 61.7. The molecule has 6 heterocycles. The summed E-state index contributed by atoms with van der Waals surface area (Å²) in [6, 6.07) is 123. The standard InChI is InChI=1S/C52H30N2O2.C52H30N2S2/c2*1-3-19-47-41(13-1)43-17-7-15-37(51(43)55-47)35-11-5-9-31(27-35)33-21-23-39-40-24-22-34(30-46(40)50-49(45(39)29-33)53-25-26-54-50)32-10-6-12-36(28-32)38-16-8-18-44-42-14-2-4-20-48(42)56-52(38)44/h2*1-30H. The van der Waals surface area contributed by atoms with Crippen molar-refractivity contribution in [2.24, 2.45) is 0 Å². The molecule has 8 heteroatoms. The molecular formula is C104H60N4O2S2. The van der Waals surface area contributed by atoms with Crippen LogP contribution in [0.15, 0.2) is 373 Å². The summed E-state index contributed by atoms with van der Waals surface area (Å²) in [5.41, 5.74) is 25.8. The van der Waals surface area contributed by atoms with Crippen LogP contribution in [-0.2, 0) is 0 Å². The number of rotatable bonds is 8. The number of nitrogens with zero attached hydrogens (tertiary/aromatic N) is 4. The lowest BCUT2D eigenvalue weighted by Gasteiger charge is -2.13. The minimum absolute atomic E-state index is 0.891. The zero-order chi connectivity index (χ0) is 73.5. The molecule has 0 N–H and O–H groups in total. The summed E-state index contributed by atoms with van der Waals surface area (Å²) in [7, 11) is 0. The molecule has 24 aromatic rings. The quantitative estimate of drug-likeness (QED) is 0.141. The van der Waals surface area contributed by atoms with E-state index in [-0.39, 0.29) is 0 Å². The maximum absolute atomic E-state index is 6.40. The Kier molecular flexibility index (Phi) is 14.6. The van der Waals surface area contributed by atoms with E-state index in [4.69, 9.17) is 28.8 Å². The maximum atomic E-state index is 6.40. The molecular weight excluding hydrogens is 1400 g/mol. The summed E-state index contributed by atoms with van der Waals surface area (Å²) >= 11 is 3.75. The molecule has 0 fully saturated rings. The Morgan fingerprint density at radius 2 is 0.446 bits per heavy atom. The summed E-state index contributed by atoms with van der Waals surface area (Å²) in [5.74, 6) is 0. The van der Waals surface area contributed by atoms with Gasteiger partial charge in [0.15, 0.2) is 0 Å². The molecule has 0 spiro atoms. The van der Waals surface area contributed by atoms with Crippen molar-refractivity contribution >= 4 is 172 Å². The van der Waals surface area contributed by atoms with Crippen molar-refractivity contribution in [1.82, 2.24) is 19.9 Å². The van der Waals surface area contributed by atoms with E-state index in [2.05, 4.69) is 315 Å². The highest BCUT2D eigenvalue weighted by atomic mass is 32.1. The van der Waals surface area contributed by atoms with Gasteiger partial charge in [0.25, 0.3) is 0 Å². The lowest BCUT2D eigenvalue weighted by Crippen LogP contribution is -1.90. The van der Waals surface area contributed by atoms with Gasteiger partial charge in [0.1, 0.15) is 22.3 Å². The fourth-order valence-electron chi connectivity index (χ4n) is 17.4. The van der Waals surface area contributed by atoms with Gasteiger partial charge in [-0.25, -0.2) is 0 Å². The maximum Gasteiger partial charge on any atom is 0.143 e. The summed E-state index contributed by atoms with van der Waals surface area (Å²) in [4.78, 5) is 19.8. The number of furan rings is 2. The van der Waals surface area contributed by atoms with Crippen LogP contribution in [0.4, 0.5) is 0 Å². The van der Waals surface area contributed by atoms with Crippen molar-refractivity contribution in [1.29, 1.82) is 0 Å². The normalized spacial score (nSPS) is 11.9. The summed E-state index contributed by atoms with van der Waals surface area (Å²) in [6.07, 6.45) is 7.21. The Bertz CT molecular complexity index is 7080. The second-order valence-electron chi connectivity index (χ2n) is 29.0. The predicted octanol–water partition coefficient (Wildman–Crippen LogP) is 29.7. The molecule has 0 saturated heterocycles. The predicted molar refractivity (Wildman–Crippen MR) is 473 cm³/mol. The number of para-hydroxylation sites is 4. The van der Waals surface area contributed by atoms with Crippen LogP contribution >= 0.6 is 22.7 Å². The topological polar surface area (TPSA) is 77.8 Å². The Hall–Kier alpha value is -14.3. The molecule has 0 aliphatic rings. The highest BCUT2D eigenvalue weighted by Gasteiger charge is 2.21. The summed E-state index contributed by atoms with van der Waals surface area (Å²) in [5, 5.41) is 18.8.